The molecule has 0 atom stereocenters. The predicted molar refractivity (Wildman–Crippen MR) is 159 cm³/mol. The van der Waals surface area contributed by atoms with E-state index in [1.165, 1.54) is 17.7 Å². The lowest BCUT2D eigenvalue weighted by Gasteiger charge is -2.39. The smallest absolute Gasteiger partial charge is 0.336 e. The van der Waals surface area contributed by atoms with Crippen LogP contribution in [0.1, 0.15) is 21.5 Å². The number of aryl methyl sites for hydroxylation is 1. The third-order valence-electron chi connectivity index (χ3n) is 7.67. The van der Waals surface area contributed by atoms with Gasteiger partial charge in [0.2, 0.25) is 0 Å². The number of nitrogens with one attached hydrogen (secondary N) is 2. The molecule has 0 saturated carbocycles. The SMILES string of the molecule is Cc1ccc(Oc2nc3c(F)c(-c4ccc(-c5ccc(CN6CC(NCCO)C6)cc5)cc4)c(F)cc3[nH]2)cc1C(=O)O. The highest BCUT2D eigenvalue weighted by Crippen LogP contribution is 2.34. The van der Waals surface area contributed by atoms with Crippen LogP contribution >= 0.6 is 0 Å². The van der Waals surface area contributed by atoms with E-state index in [9.17, 15) is 9.90 Å². The van der Waals surface area contributed by atoms with Gasteiger partial charge < -0.3 is 25.3 Å². The van der Waals surface area contributed by atoms with Gasteiger partial charge in [-0.05, 0) is 46.9 Å². The fourth-order valence-electron chi connectivity index (χ4n) is 5.36. The van der Waals surface area contributed by atoms with Crippen molar-refractivity contribution in [2.24, 2.45) is 0 Å². The van der Waals surface area contributed by atoms with Crippen LogP contribution in [-0.4, -0.2) is 63.3 Å². The highest BCUT2D eigenvalue weighted by Gasteiger charge is 2.25. The van der Waals surface area contributed by atoms with Crippen LogP contribution in [0, 0.1) is 18.6 Å². The number of hydrogen-bond acceptors (Lipinski definition) is 6. The molecule has 10 heteroatoms. The standard InChI is InChI=1S/C33H30F2N4O4/c1-19-2-11-25(14-26(19)32(41)42)43-33-37-28-15-27(34)29(30(35)31(28)38-33)23-9-7-22(8-10-23)21-5-3-20(4-6-21)16-39-17-24(18-39)36-12-13-40/h2-11,14-15,24,36,40H,12-13,16-18H2,1H3,(H,37,38)(H,41,42). The Labute approximate surface area is 246 Å². The topological polar surface area (TPSA) is 111 Å². The largest absolute Gasteiger partial charge is 0.478 e. The van der Waals surface area contributed by atoms with E-state index in [0.29, 0.717) is 23.7 Å². The van der Waals surface area contributed by atoms with E-state index >= 15 is 8.78 Å². The number of H-pyrrole nitrogens is 1. The fourth-order valence-corrected chi connectivity index (χ4v) is 5.36. The van der Waals surface area contributed by atoms with Crippen molar-refractivity contribution in [3.63, 3.8) is 0 Å². The zero-order chi connectivity index (χ0) is 30.1. The van der Waals surface area contributed by atoms with Crippen LogP contribution in [0.4, 0.5) is 8.78 Å². The van der Waals surface area contributed by atoms with Gasteiger partial charge in [-0.25, -0.2) is 13.6 Å². The molecule has 1 aliphatic heterocycles. The Hall–Kier alpha value is -4.64. The van der Waals surface area contributed by atoms with Crippen molar-refractivity contribution in [3.05, 3.63) is 101 Å². The third-order valence-corrected chi connectivity index (χ3v) is 7.67. The Kier molecular flexibility index (Phi) is 7.90. The number of carboxylic acids is 1. The number of halogens is 2. The Bertz CT molecular complexity index is 1780. The molecular weight excluding hydrogens is 554 g/mol. The van der Waals surface area contributed by atoms with E-state index in [1.54, 1.807) is 31.2 Å². The maximum absolute atomic E-state index is 15.6. The van der Waals surface area contributed by atoms with Crippen molar-refractivity contribution >= 4 is 17.0 Å². The van der Waals surface area contributed by atoms with Crippen molar-refractivity contribution in [1.29, 1.82) is 0 Å². The molecule has 1 aliphatic rings. The number of nitrogens with zero attached hydrogens (tertiary/aromatic N) is 2. The molecule has 5 aromatic rings. The minimum absolute atomic E-state index is 0.0703. The minimum Gasteiger partial charge on any atom is -0.478 e. The van der Waals surface area contributed by atoms with Gasteiger partial charge in [0, 0.05) is 38.3 Å². The number of carboxylic acid groups (broad SMARTS) is 1. The lowest BCUT2D eigenvalue weighted by Crippen LogP contribution is -2.57. The van der Waals surface area contributed by atoms with Crippen molar-refractivity contribution in [2.45, 2.75) is 19.5 Å². The van der Waals surface area contributed by atoms with E-state index in [-0.39, 0.29) is 40.5 Å². The maximum Gasteiger partial charge on any atom is 0.336 e. The summed E-state index contributed by atoms with van der Waals surface area (Å²) in [5.74, 6) is -2.47. The number of aromatic carboxylic acids is 1. The number of aromatic amines is 1. The number of carbonyl (C=O) groups is 1. The van der Waals surface area contributed by atoms with Gasteiger partial charge in [-0.15, -0.1) is 0 Å². The quantitative estimate of drug-likeness (QED) is 0.166. The number of benzene rings is 4. The Morgan fingerprint density at radius 1 is 1.02 bits per heavy atom. The molecule has 4 N–H and O–H groups in total. The van der Waals surface area contributed by atoms with Gasteiger partial charge in [-0.3, -0.25) is 4.90 Å². The van der Waals surface area contributed by atoms with Crippen molar-refractivity contribution in [3.8, 4) is 34.0 Å². The van der Waals surface area contributed by atoms with Crippen LogP contribution in [0.15, 0.2) is 72.8 Å². The second kappa shape index (κ2) is 11.9. The van der Waals surface area contributed by atoms with E-state index in [4.69, 9.17) is 9.84 Å². The highest BCUT2D eigenvalue weighted by molar-refractivity contribution is 5.90. The number of aromatic nitrogens is 2. The first-order valence-corrected chi connectivity index (χ1v) is 13.9. The van der Waals surface area contributed by atoms with Crippen LogP contribution in [0.3, 0.4) is 0 Å². The van der Waals surface area contributed by atoms with E-state index in [2.05, 4.69) is 32.3 Å². The summed E-state index contributed by atoms with van der Waals surface area (Å²) in [6.07, 6.45) is 0. The van der Waals surface area contributed by atoms with Gasteiger partial charge in [-0.2, -0.15) is 4.98 Å². The number of rotatable bonds is 10. The van der Waals surface area contributed by atoms with Crippen LogP contribution in [0.25, 0.3) is 33.3 Å². The second-order valence-electron chi connectivity index (χ2n) is 10.7. The summed E-state index contributed by atoms with van der Waals surface area (Å²) >= 11 is 0. The molecule has 6 rings (SSSR count). The zero-order valence-electron chi connectivity index (χ0n) is 23.4. The first kappa shape index (κ1) is 28.5. The van der Waals surface area contributed by atoms with Crippen molar-refractivity contribution in [1.82, 2.24) is 20.2 Å². The lowest BCUT2D eigenvalue weighted by molar-refractivity contribution is 0.0695. The molecule has 0 amide bonds. The number of likely N-dealkylation sites (tertiary alicyclic amines) is 1. The molecule has 8 nitrogen and oxygen atoms in total. The molecule has 0 aliphatic carbocycles. The van der Waals surface area contributed by atoms with E-state index in [0.717, 1.165) is 30.8 Å². The summed E-state index contributed by atoms with van der Waals surface area (Å²) in [5, 5.41) is 21.6. The van der Waals surface area contributed by atoms with Crippen LogP contribution in [0.5, 0.6) is 11.8 Å². The van der Waals surface area contributed by atoms with Gasteiger partial charge >= 0.3 is 5.97 Å². The van der Waals surface area contributed by atoms with Gasteiger partial charge in [0.05, 0.1) is 23.3 Å². The Balaban J connectivity index is 1.17. The molecule has 0 bridgehead atoms. The zero-order valence-corrected chi connectivity index (χ0v) is 23.4. The van der Waals surface area contributed by atoms with E-state index < -0.39 is 17.6 Å². The number of aliphatic hydroxyl groups excluding tert-OH is 1. The molecule has 43 heavy (non-hydrogen) atoms. The average molecular weight is 585 g/mol. The normalized spacial score (nSPS) is 13.8. The van der Waals surface area contributed by atoms with Crippen molar-refractivity contribution < 1.29 is 28.5 Å². The molecular formula is C33H30F2N4O4. The highest BCUT2D eigenvalue weighted by atomic mass is 19.1. The Morgan fingerprint density at radius 3 is 2.37 bits per heavy atom. The van der Waals surface area contributed by atoms with Gasteiger partial charge in [0.15, 0.2) is 5.82 Å². The minimum atomic E-state index is -1.10. The van der Waals surface area contributed by atoms with E-state index in [1.807, 2.05) is 24.3 Å². The third kappa shape index (κ3) is 5.98. The van der Waals surface area contributed by atoms with Gasteiger partial charge in [0.25, 0.3) is 6.01 Å². The number of ether oxygens (including phenoxy) is 1. The second-order valence-corrected chi connectivity index (χ2v) is 10.7. The molecule has 0 spiro atoms. The lowest BCUT2D eigenvalue weighted by atomic mass is 9.98. The summed E-state index contributed by atoms with van der Waals surface area (Å²) in [7, 11) is 0. The molecule has 1 aromatic heterocycles. The molecule has 4 aromatic carbocycles. The maximum atomic E-state index is 15.6. The Morgan fingerprint density at radius 2 is 1.70 bits per heavy atom. The fraction of sp³-hybridized carbons (Fsp3) is 0.212. The van der Waals surface area contributed by atoms with Gasteiger partial charge in [0.1, 0.15) is 17.1 Å². The number of imidazole rings is 1. The number of fused-ring (bicyclic) bond motifs is 1. The summed E-state index contributed by atoms with van der Waals surface area (Å²) < 4.78 is 36.4. The molecule has 1 fully saturated rings. The predicted octanol–water partition coefficient (Wildman–Crippen LogP) is 5.74. The first-order valence-electron chi connectivity index (χ1n) is 13.9. The summed E-state index contributed by atoms with van der Waals surface area (Å²) in [6.45, 7) is 5.19. The molecule has 2 heterocycles. The first-order chi connectivity index (χ1) is 20.8. The molecule has 0 unspecified atom stereocenters. The van der Waals surface area contributed by atoms with Crippen LogP contribution < -0.4 is 10.1 Å². The van der Waals surface area contributed by atoms with Crippen LogP contribution in [0.2, 0.25) is 0 Å². The monoisotopic (exact) mass is 584 g/mol. The average Bonchev–Trinajstić information content (AvgIpc) is 3.38. The number of hydrogen-bond donors (Lipinski definition) is 4. The summed E-state index contributed by atoms with van der Waals surface area (Å²) in [5.41, 5.74) is 3.95. The van der Waals surface area contributed by atoms with Crippen molar-refractivity contribution in [2.75, 3.05) is 26.2 Å². The van der Waals surface area contributed by atoms with Gasteiger partial charge in [-0.1, -0.05) is 54.6 Å². The molecule has 0 radical (unpaired) electrons. The summed E-state index contributed by atoms with van der Waals surface area (Å²) in [4.78, 5) is 20.7. The molecule has 1 saturated heterocycles. The summed E-state index contributed by atoms with van der Waals surface area (Å²) in [6, 6.07) is 21.3. The van der Waals surface area contributed by atoms with Crippen LogP contribution in [-0.2, 0) is 6.54 Å². The number of aliphatic hydroxyl groups is 1. The molecule has 220 valence electrons.